The normalized spacial score (nSPS) is 16.1. The molecule has 1 atom stereocenters. The molecule has 0 aromatic heterocycles. The molecule has 1 unspecified atom stereocenters. The van der Waals surface area contributed by atoms with Crippen molar-refractivity contribution in [1.29, 1.82) is 0 Å². The summed E-state index contributed by atoms with van der Waals surface area (Å²) in [5.74, 6) is -0.407. The van der Waals surface area contributed by atoms with E-state index in [2.05, 4.69) is 19.1 Å². The highest BCUT2D eigenvalue weighted by Crippen LogP contribution is 2.31. The lowest BCUT2D eigenvalue weighted by Crippen LogP contribution is -2.36. The van der Waals surface area contributed by atoms with Crippen LogP contribution < -0.4 is 4.90 Å². The minimum Gasteiger partial charge on any atom is -0.313 e. The molecule has 0 bridgehead atoms. The summed E-state index contributed by atoms with van der Waals surface area (Å²) in [6, 6.07) is 19.2. The molecule has 3 aromatic rings. The Hall–Kier alpha value is -2.98. The Morgan fingerprint density at radius 2 is 1.67 bits per heavy atom. The van der Waals surface area contributed by atoms with Crippen molar-refractivity contribution in [2.75, 3.05) is 11.9 Å². The van der Waals surface area contributed by atoms with Gasteiger partial charge in [-0.25, -0.2) is 4.39 Å². The maximum absolute atomic E-state index is 13.5. The van der Waals surface area contributed by atoms with E-state index in [9.17, 15) is 9.18 Å². The second kappa shape index (κ2) is 8.41. The molecule has 3 aromatic carbocycles. The second-order valence-corrected chi connectivity index (χ2v) is 7.87. The Bertz CT molecular complexity index is 1110. The molecule has 0 saturated heterocycles. The maximum atomic E-state index is 13.5. The van der Waals surface area contributed by atoms with Crippen LogP contribution in [0.2, 0.25) is 5.02 Å². The quantitative estimate of drug-likeness (QED) is 0.551. The van der Waals surface area contributed by atoms with Crippen LogP contribution in [-0.4, -0.2) is 24.7 Å². The summed E-state index contributed by atoms with van der Waals surface area (Å²) in [7, 11) is 1.76. The lowest BCUT2D eigenvalue weighted by Gasteiger charge is -2.20. The van der Waals surface area contributed by atoms with E-state index in [0.717, 1.165) is 28.8 Å². The third-order valence-corrected chi connectivity index (χ3v) is 5.69. The molecule has 0 spiro atoms. The number of benzene rings is 3. The van der Waals surface area contributed by atoms with Crippen LogP contribution >= 0.6 is 11.6 Å². The maximum Gasteiger partial charge on any atom is 0.251 e. The van der Waals surface area contributed by atoms with Crippen molar-refractivity contribution < 1.29 is 9.18 Å². The first-order valence-corrected chi connectivity index (χ1v) is 10.3. The number of fused-ring (bicyclic) bond motifs is 1. The zero-order valence-electron chi connectivity index (χ0n) is 16.9. The number of benzodiazepines with no additional fused rings is 1. The number of nitrogens with zero attached hydrogens (tertiary/aromatic N) is 2. The zero-order chi connectivity index (χ0) is 21.3. The van der Waals surface area contributed by atoms with Crippen LogP contribution in [0, 0.1) is 5.82 Å². The minimum atomic E-state index is -0.589. The summed E-state index contributed by atoms with van der Waals surface area (Å²) in [6.45, 7) is 2.11. The second-order valence-electron chi connectivity index (χ2n) is 7.43. The monoisotopic (exact) mass is 420 g/mol. The van der Waals surface area contributed by atoms with Gasteiger partial charge in [0, 0.05) is 29.6 Å². The molecule has 152 valence electrons. The number of likely N-dealkylation sites (N-methyl/N-ethyl adjacent to an activating group) is 1. The Labute approximate surface area is 180 Å². The first-order valence-electron chi connectivity index (χ1n) is 9.95. The summed E-state index contributed by atoms with van der Waals surface area (Å²) in [6.07, 6.45) is 1.45. The third-order valence-electron chi connectivity index (χ3n) is 5.45. The molecule has 1 aliphatic heterocycles. The number of hydrogen-bond donors (Lipinski definition) is 0. The van der Waals surface area contributed by atoms with E-state index in [1.54, 1.807) is 36.2 Å². The smallest absolute Gasteiger partial charge is 0.251 e. The summed E-state index contributed by atoms with van der Waals surface area (Å²) >= 11 is 6.27. The first-order chi connectivity index (χ1) is 14.5. The number of hydrogen-bond acceptors (Lipinski definition) is 2. The van der Waals surface area contributed by atoms with Gasteiger partial charge in [0.1, 0.15) is 11.9 Å². The van der Waals surface area contributed by atoms with Crippen LogP contribution in [0.1, 0.15) is 29.2 Å². The topological polar surface area (TPSA) is 32.7 Å². The number of rotatable bonds is 4. The molecule has 0 fully saturated rings. The molecular formula is C25H22ClFN2O. The SMILES string of the molecule is CCc1ccc(CC2N=C(c3ccc(F)cc3)c3cc(Cl)ccc3N(C)C2=O)cc1. The number of aliphatic imine (C=N–C) groups is 1. The van der Waals surface area contributed by atoms with Crippen LogP contribution in [0.3, 0.4) is 0 Å². The number of aryl methyl sites for hydroxylation is 1. The van der Waals surface area contributed by atoms with Gasteiger partial charge in [-0.1, -0.05) is 42.8 Å². The summed E-state index contributed by atoms with van der Waals surface area (Å²) in [5.41, 5.74) is 5.17. The van der Waals surface area contributed by atoms with Gasteiger partial charge >= 0.3 is 0 Å². The van der Waals surface area contributed by atoms with Crippen LogP contribution in [0.25, 0.3) is 0 Å². The van der Waals surface area contributed by atoms with Gasteiger partial charge in [0.25, 0.3) is 5.91 Å². The van der Waals surface area contributed by atoms with Crippen molar-refractivity contribution in [3.63, 3.8) is 0 Å². The molecular weight excluding hydrogens is 399 g/mol. The minimum absolute atomic E-state index is 0.0877. The van der Waals surface area contributed by atoms with Crippen LogP contribution in [0.4, 0.5) is 10.1 Å². The van der Waals surface area contributed by atoms with Crippen molar-refractivity contribution >= 4 is 28.9 Å². The molecule has 3 nitrogen and oxygen atoms in total. The van der Waals surface area contributed by atoms with E-state index in [1.807, 2.05) is 18.2 Å². The van der Waals surface area contributed by atoms with Gasteiger partial charge in [0.2, 0.25) is 0 Å². The highest BCUT2D eigenvalue weighted by atomic mass is 35.5. The fraction of sp³-hybridized carbons (Fsp3) is 0.200. The lowest BCUT2D eigenvalue weighted by molar-refractivity contribution is -0.119. The summed E-state index contributed by atoms with van der Waals surface area (Å²) in [5, 5.41) is 0.554. The average Bonchev–Trinajstić information content (AvgIpc) is 2.85. The van der Waals surface area contributed by atoms with E-state index in [1.165, 1.54) is 17.7 Å². The first kappa shape index (κ1) is 20.3. The van der Waals surface area contributed by atoms with Gasteiger partial charge in [0.15, 0.2) is 0 Å². The van der Waals surface area contributed by atoms with Gasteiger partial charge < -0.3 is 4.90 Å². The number of carbonyl (C=O) groups is 1. The molecule has 0 aliphatic carbocycles. The molecule has 4 rings (SSSR count). The Morgan fingerprint density at radius 3 is 2.33 bits per heavy atom. The highest BCUT2D eigenvalue weighted by molar-refractivity contribution is 6.32. The molecule has 0 saturated carbocycles. The van der Waals surface area contributed by atoms with Crippen LogP contribution in [0.15, 0.2) is 71.7 Å². The number of halogens is 2. The van der Waals surface area contributed by atoms with Gasteiger partial charge in [0.05, 0.1) is 11.4 Å². The zero-order valence-corrected chi connectivity index (χ0v) is 17.7. The number of anilines is 1. The fourth-order valence-corrected chi connectivity index (χ4v) is 3.89. The molecule has 0 N–H and O–H groups in total. The summed E-state index contributed by atoms with van der Waals surface area (Å²) < 4.78 is 13.5. The predicted octanol–water partition coefficient (Wildman–Crippen LogP) is 5.47. The Balaban J connectivity index is 1.82. The van der Waals surface area contributed by atoms with Gasteiger partial charge in [-0.05, 0) is 60.0 Å². The fourth-order valence-electron chi connectivity index (χ4n) is 3.72. The highest BCUT2D eigenvalue weighted by Gasteiger charge is 2.30. The van der Waals surface area contributed by atoms with E-state index in [4.69, 9.17) is 16.6 Å². The summed E-state index contributed by atoms with van der Waals surface area (Å²) in [4.78, 5) is 19.8. The number of carbonyl (C=O) groups excluding carboxylic acids is 1. The Kier molecular flexibility index (Phi) is 5.69. The third kappa shape index (κ3) is 4.01. The standard InChI is InChI=1S/C25H22ClFN2O/c1-3-16-4-6-17(7-5-16)14-22-25(30)29(2)23-13-10-19(26)15-21(23)24(28-22)18-8-11-20(27)12-9-18/h4-13,15,22H,3,14H2,1-2H3. The van der Waals surface area contributed by atoms with E-state index in [0.29, 0.717) is 17.2 Å². The molecule has 30 heavy (non-hydrogen) atoms. The average molecular weight is 421 g/mol. The van der Waals surface area contributed by atoms with Crippen molar-refractivity contribution in [2.24, 2.45) is 4.99 Å². The van der Waals surface area contributed by atoms with Crippen LogP contribution in [-0.2, 0) is 17.6 Å². The van der Waals surface area contributed by atoms with Gasteiger partial charge in [-0.15, -0.1) is 0 Å². The van der Waals surface area contributed by atoms with E-state index >= 15 is 0 Å². The molecule has 1 amide bonds. The van der Waals surface area contributed by atoms with Crippen molar-refractivity contribution in [3.8, 4) is 0 Å². The largest absolute Gasteiger partial charge is 0.313 e. The molecule has 1 heterocycles. The molecule has 1 aliphatic rings. The molecule has 0 radical (unpaired) electrons. The van der Waals surface area contributed by atoms with Crippen molar-refractivity contribution in [1.82, 2.24) is 0 Å². The predicted molar refractivity (Wildman–Crippen MR) is 120 cm³/mol. The van der Waals surface area contributed by atoms with Crippen LogP contribution in [0.5, 0.6) is 0 Å². The van der Waals surface area contributed by atoms with Gasteiger partial charge in [-0.2, -0.15) is 0 Å². The number of amides is 1. The lowest BCUT2D eigenvalue weighted by atomic mass is 10.00. The molecule has 5 heteroatoms. The van der Waals surface area contributed by atoms with E-state index < -0.39 is 6.04 Å². The van der Waals surface area contributed by atoms with E-state index in [-0.39, 0.29) is 11.7 Å². The van der Waals surface area contributed by atoms with Gasteiger partial charge in [-0.3, -0.25) is 9.79 Å². The van der Waals surface area contributed by atoms with Crippen molar-refractivity contribution in [3.05, 3.63) is 99.8 Å². The van der Waals surface area contributed by atoms with Crippen molar-refractivity contribution in [2.45, 2.75) is 25.8 Å². The Morgan fingerprint density at radius 1 is 1.00 bits per heavy atom.